The molecule has 0 saturated heterocycles. The predicted molar refractivity (Wildman–Crippen MR) is 94.0 cm³/mol. The molecule has 1 aliphatic carbocycles. The van der Waals surface area contributed by atoms with Gasteiger partial charge in [-0.1, -0.05) is 0 Å². The lowest BCUT2D eigenvalue weighted by Gasteiger charge is -2.36. The number of carbonyl (C=O) groups is 2. The molecule has 2 N–H and O–H groups in total. The van der Waals surface area contributed by atoms with Gasteiger partial charge in [0.05, 0.1) is 30.3 Å². The number of fused-ring (bicyclic) bond motifs is 1. The van der Waals surface area contributed by atoms with E-state index in [1.807, 2.05) is 11.9 Å². The number of aliphatic hydroxyl groups excluding tert-OH is 1. The Bertz CT molecular complexity index is 685. The number of nitrogens with zero attached hydrogens (tertiary/aromatic N) is 2. The smallest absolute Gasteiger partial charge is 0.253 e. The summed E-state index contributed by atoms with van der Waals surface area (Å²) in [6.07, 6.45) is 1.93. The summed E-state index contributed by atoms with van der Waals surface area (Å²) in [5, 5.41) is 12.3. The van der Waals surface area contributed by atoms with E-state index in [0.29, 0.717) is 17.9 Å². The molecule has 25 heavy (non-hydrogen) atoms. The number of hydrogen-bond donors (Lipinski definition) is 2. The van der Waals surface area contributed by atoms with Gasteiger partial charge in [0, 0.05) is 26.7 Å². The maximum Gasteiger partial charge on any atom is 0.253 e. The van der Waals surface area contributed by atoms with Crippen LogP contribution >= 0.6 is 0 Å². The zero-order chi connectivity index (χ0) is 18.2. The Balaban J connectivity index is 1.71. The van der Waals surface area contributed by atoms with Crippen LogP contribution in [-0.4, -0.2) is 67.8 Å². The van der Waals surface area contributed by atoms with Gasteiger partial charge in [0.1, 0.15) is 12.4 Å². The van der Waals surface area contributed by atoms with Crippen molar-refractivity contribution in [3.63, 3.8) is 0 Å². The summed E-state index contributed by atoms with van der Waals surface area (Å²) in [6.45, 7) is 0.388. The highest BCUT2D eigenvalue weighted by molar-refractivity contribution is 5.95. The highest BCUT2D eigenvalue weighted by Gasteiger charge is 2.43. The third-order valence-electron chi connectivity index (χ3n) is 4.95. The van der Waals surface area contributed by atoms with Gasteiger partial charge in [0.25, 0.3) is 5.91 Å². The Morgan fingerprint density at radius 1 is 1.40 bits per heavy atom. The molecule has 1 saturated carbocycles. The van der Waals surface area contributed by atoms with Gasteiger partial charge in [-0.25, -0.2) is 0 Å². The lowest BCUT2D eigenvalue weighted by molar-refractivity contribution is -0.123. The minimum atomic E-state index is -0.408. The Morgan fingerprint density at radius 2 is 2.12 bits per heavy atom. The van der Waals surface area contributed by atoms with Crippen molar-refractivity contribution in [3.05, 3.63) is 23.8 Å². The van der Waals surface area contributed by atoms with Crippen molar-refractivity contribution in [3.8, 4) is 5.75 Å². The number of benzene rings is 1. The summed E-state index contributed by atoms with van der Waals surface area (Å²) in [6, 6.07) is 5.23. The van der Waals surface area contributed by atoms with Crippen molar-refractivity contribution in [1.82, 2.24) is 10.2 Å². The molecule has 1 aromatic carbocycles. The van der Waals surface area contributed by atoms with Crippen molar-refractivity contribution >= 4 is 17.5 Å². The molecule has 2 amide bonds. The fraction of sp³-hybridized carbons (Fsp3) is 0.556. The van der Waals surface area contributed by atoms with Gasteiger partial charge in [0.15, 0.2) is 0 Å². The number of rotatable bonds is 5. The summed E-state index contributed by atoms with van der Waals surface area (Å²) in [7, 11) is 5.33. The van der Waals surface area contributed by atoms with E-state index in [-0.39, 0.29) is 30.9 Å². The molecule has 1 fully saturated rings. The molecule has 1 atom stereocenters. The van der Waals surface area contributed by atoms with Crippen LogP contribution in [0.15, 0.2) is 18.2 Å². The zero-order valence-corrected chi connectivity index (χ0v) is 14.9. The summed E-state index contributed by atoms with van der Waals surface area (Å²) in [4.78, 5) is 28.0. The number of nitrogens with one attached hydrogen (secondary N) is 1. The van der Waals surface area contributed by atoms with Crippen LogP contribution in [0, 0.1) is 0 Å². The lowest BCUT2D eigenvalue weighted by Crippen LogP contribution is -2.47. The highest BCUT2D eigenvalue weighted by Crippen LogP contribution is 2.36. The summed E-state index contributed by atoms with van der Waals surface area (Å²) in [5.41, 5.74) is 0.982. The Morgan fingerprint density at radius 3 is 2.72 bits per heavy atom. The largest absolute Gasteiger partial charge is 0.489 e. The van der Waals surface area contributed by atoms with Crippen LogP contribution < -0.4 is 15.0 Å². The molecule has 0 unspecified atom stereocenters. The Labute approximate surface area is 147 Å². The molecule has 7 nitrogen and oxygen atoms in total. The first-order valence-electron chi connectivity index (χ1n) is 8.48. The van der Waals surface area contributed by atoms with Gasteiger partial charge in [-0.2, -0.15) is 0 Å². The molecule has 2 aliphatic rings. The standard InChI is InChI=1S/C18H25N3O4/c1-20(2)17(24)12-4-5-15-14(8-12)21(3)13(10-25-15)9-16(23)19-18(11-22)6-7-18/h4-5,8,13,22H,6-7,9-11H2,1-3H3,(H,19,23)/t13-/m1/s1. The quantitative estimate of drug-likeness (QED) is 0.816. The first-order valence-corrected chi connectivity index (χ1v) is 8.48. The van der Waals surface area contributed by atoms with E-state index in [1.165, 1.54) is 4.90 Å². The van der Waals surface area contributed by atoms with Gasteiger partial charge < -0.3 is 25.0 Å². The van der Waals surface area contributed by atoms with E-state index < -0.39 is 5.54 Å². The maximum atomic E-state index is 12.3. The second kappa shape index (κ2) is 6.55. The van der Waals surface area contributed by atoms with Crippen LogP contribution in [-0.2, 0) is 4.79 Å². The first-order chi connectivity index (χ1) is 11.8. The number of aliphatic hydroxyl groups is 1. The van der Waals surface area contributed by atoms with E-state index >= 15 is 0 Å². The van der Waals surface area contributed by atoms with Crippen molar-refractivity contribution in [2.75, 3.05) is 39.3 Å². The number of hydrogen-bond acceptors (Lipinski definition) is 5. The molecule has 1 aliphatic heterocycles. The van der Waals surface area contributed by atoms with Gasteiger partial charge in [-0.15, -0.1) is 0 Å². The fourth-order valence-electron chi connectivity index (χ4n) is 3.03. The van der Waals surface area contributed by atoms with Gasteiger partial charge in [0.2, 0.25) is 5.91 Å². The van der Waals surface area contributed by atoms with Crippen molar-refractivity contribution in [1.29, 1.82) is 0 Å². The Hall–Kier alpha value is -2.28. The normalized spacial score (nSPS) is 20.3. The molecule has 3 rings (SSSR count). The van der Waals surface area contributed by atoms with Crippen LogP contribution in [0.3, 0.4) is 0 Å². The minimum absolute atomic E-state index is 0.0193. The van der Waals surface area contributed by atoms with E-state index in [9.17, 15) is 14.7 Å². The van der Waals surface area contributed by atoms with Crippen LogP contribution in [0.25, 0.3) is 0 Å². The molecule has 1 aromatic rings. The minimum Gasteiger partial charge on any atom is -0.489 e. The molecule has 0 aromatic heterocycles. The van der Waals surface area contributed by atoms with Crippen LogP contribution in [0.2, 0.25) is 0 Å². The average Bonchev–Trinajstić information content (AvgIpc) is 3.36. The SMILES string of the molecule is CN(C)C(=O)c1ccc2c(c1)N(C)[C@H](CC(=O)NC1(CO)CC1)CO2. The molecular weight excluding hydrogens is 322 g/mol. The zero-order valence-electron chi connectivity index (χ0n) is 14.9. The van der Waals surface area contributed by atoms with Crippen LogP contribution in [0.4, 0.5) is 5.69 Å². The maximum absolute atomic E-state index is 12.3. The van der Waals surface area contributed by atoms with Crippen LogP contribution in [0.5, 0.6) is 5.75 Å². The van der Waals surface area contributed by atoms with Crippen LogP contribution in [0.1, 0.15) is 29.6 Å². The molecule has 7 heteroatoms. The molecule has 1 heterocycles. The predicted octanol–water partition coefficient (Wildman–Crippen LogP) is 0.617. The molecule has 0 radical (unpaired) electrons. The first kappa shape index (κ1) is 17.5. The van der Waals surface area contributed by atoms with Crippen molar-refractivity contribution < 1.29 is 19.4 Å². The van der Waals surface area contributed by atoms with E-state index in [4.69, 9.17) is 4.74 Å². The molecule has 0 bridgehead atoms. The monoisotopic (exact) mass is 347 g/mol. The lowest BCUT2D eigenvalue weighted by atomic mass is 10.1. The highest BCUT2D eigenvalue weighted by atomic mass is 16.5. The molecule has 0 spiro atoms. The fourth-order valence-corrected chi connectivity index (χ4v) is 3.03. The van der Waals surface area contributed by atoms with E-state index in [1.54, 1.807) is 32.3 Å². The summed E-state index contributed by atoms with van der Waals surface area (Å²) >= 11 is 0. The second-order valence-electron chi connectivity index (χ2n) is 7.15. The second-order valence-corrected chi connectivity index (χ2v) is 7.15. The van der Waals surface area contributed by atoms with Gasteiger partial charge in [-0.05, 0) is 31.0 Å². The number of anilines is 1. The van der Waals surface area contributed by atoms with Crippen molar-refractivity contribution in [2.45, 2.75) is 30.8 Å². The topological polar surface area (TPSA) is 82.1 Å². The number of amides is 2. The number of ether oxygens (including phenoxy) is 1. The Kier molecular flexibility index (Phi) is 4.60. The number of likely N-dealkylation sites (N-methyl/N-ethyl adjacent to an activating group) is 1. The average molecular weight is 347 g/mol. The summed E-state index contributed by atoms with van der Waals surface area (Å²) in [5.74, 6) is 0.550. The third-order valence-corrected chi connectivity index (χ3v) is 4.95. The van der Waals surface area contributed by atoms with Crippen molar-refractivity contribution in [2.24, 2.45) is 0 Å². The molecular formula is C18H25N3O4. The summed E-state index contributed by atoms with van der Waals surface area (Å²) < 4.78 is 5.78. The van der Waals surface area contributed by atoms with E-state index in [0.717, 1.165) is 18.5 Å². The van der Waals surface area contributed by atoms with Gasteiger partial charge in [-0.3, -0.25) is 9.59 Å². The number of carbonyl (C=O) groups excluding carboxylic acids is 2. The molecule has 136 valence electrons. The van der Waals surface area contributed by atoms with Gasteiger partial charge >= 0.3 is 0 Å². The van der Waals surface area contributed by atoms with E-state index in [2.05, 4.69) is 5.32 Å². The third kappa shape index (κ3) is 3.56.